The Morgan fingerprint density at radius 1 is 1.44 bits per heavy atom. The third-order valence-electron chi connectivity index (χ3n) is 2.71. The number of halogens is 3. The Bertz CT molecular complexity index is 396. The third-order valence-corrected chi connectivity index (χ3v) is 3.90. The zero-order chi connectivity index (χ0) is 13.2. The molecule has 0 aliphatic carbocycles. The van der Waals surface area contributed by atoms with Crippen LogP contribution in [0.15, 0.2) is 4.52 Å². The van der Waals surface area contributed by atoms with Gasteiger partial charge in [-0.1, -0.05) is 12.1 Å². The molecular formula is C10H14F3N3OS. The number of hydrogen-bond acceptors (Lipinski definition) is 5. The molecule has 1 saturated heterocycles. The fourth-order valence-electron chi connectivity index (χ4n) is 1.93. The Hall–Kier alpha value is -0.760. The fourth-order valence-corrected chi connectivity index (χ4v) is 3.30. The standard InChI is InChI=1S/C10H14F3N3OS/c1-2-14-7-5-18-4-6(7)9-15-8(16-17-9)3-10(11,12)13/h6-7,14H,2-5H2,1H3. The van der Waals surface area contributed by atoms with Crippen molar-refractivity contribution >= 4 is 11.8 Å². The first-order valence-electron chi connectivity index (χ1n) is 5.70. The molecule has 2 atom stereocenters. The van der Waals surface area contributed by atoms with E-state index in [1.165, 1.54) is 0 Å². The molecule has 0 aromatic carbocycles. The van der Waals surface area contributed by atoms with Gasteiger partial charge < -0.3 is 9.84 Å². The predicted molar refractivity (Wildman–Crippen MR) is 61.6 cm³/mol. The molecule has 8 heteroatoms. The van der Waals surface area contributed by atoms with Crippen LogP contribution >= 0.6 is 11.8 Å². The lowest BCUT2D eigenvalue weighted by Crippen LogP contribution is -2.34. The van der Waals surface area contributed by atoms with E-state index in [4.69, 9.17) is 4.52 Å². The molecule has 1 fully saturated rings. The summed E-state index contributed by atoms with van der Waals surface area (Å²) in [7, 11) is 0. The smallest absolute Gasteiger partial charge is 0.339 e. The molecule has 0 radical (unpaired) electrons. The van der Waals surface area contributed by atoms with Crippen molar-refractivity contribution in [3.05, 3.63) is 11.7 Å². The molecule has 0 saturated carbocycles. The topological polar surface area (TPSA) is 51.0 Å². The molecule has 1 aliphatic rings. The van der Waals surface area contributed by atoms with Crippen molar-refractivity contribution < 1.29 is 17.7 Å². The van der Waals surface area contributed by atoms with Crippen LogP contribution in [0.2, 0.25) is 0 Å². The molecule has 1 N–H and O–H groups in total. The Morgan fingerprint density at radius 3 is 2.89 bits per heavy atom. The van der Waals surface area contributed by atoms with Crippen LogP contribution in [0.3, 0.4) is 0 Å². The van der Waals surface area contributed by atoms with Gasteiger partial charge in [0.05, 0.1) is 5.92 Å². The van der Waals surface area contributed by atoms with Gasteiger partial charge in [0.15, 0.2) is 5.82 Å². The minimum atomic E-state index is -4.30. The van der Waals surface area contributed by atoms with Crippen LogP contribution in [0.4, 0.5) is 13.2 Å². The van der Waals surface area contributed by atoms with E-state index in [-0.39, 0.29) is 17.8 Å². The summed E-state index contributed by atoms with van der Waals surface area (Å²) in [6, 6.07) is 0.194. The molecule has 2 unspecified atom stereocenters. The van der Waals surface area contributed by atoms with Gasteiger partial charge in [0.1, 0.15) is 6.42 Å². The van der Waals surface area contributed by atoms with Crippen molar-refractivity contribution in [1.82, 2.24) is 15.5 Å². The molecule has 1 aromatic heterocycles. The van der Waals surface area contributed by atoms with E-state index in [1.54, 1.807) is 11.8 Å². The molecule has 18 heavy (non-hydrogen) atoms. The summed E-state index contributed by atoms with van der Waals surface area (Å²) in [4.78, 5) is 3.86. The summed E-state index contributed by atoms with van der Waals surface area (Å²) < 4.78 is 41.5. The molecule has 0 amide bonds. The monoisotopic (exact) mass is 281 g/mol. The van der Waals surface area contributed by atoms with Gasteiger partial charge in [-0.3, -0.25) is 0 Å². The highest BCUT2D eigenvalue weighted by atomic mass is 32.2. The minimum absolute atomic E-state index is 0.00411. The van der Waals surface area contributed by atoms with Crippen molar-refractivity contribution in [1.29, 1.82) is 0 Å². The normalized spacial score (nSPS) is 24.7. The lowest BCUT2D eigenvalue weighted by Gasteiger charge is -2.15. The van der Waals surface area contributed by atoms with Crippen LogP contribution in [-0.4, -0.2) is 40.4 Å². The molecule has 2 rings (SSSR count). The number of nitrogens with one attached hydrogen (secondary N) is 1. The van der Waals surface area contributed by atoms with Crippen LogP contribution in [0, 0.1) is 0 Å². The first-order valence-corrected chi connectivity index (χ1v) is 6.85. The Kier molecular flexibility index (Phi) is 4.16. The summed E-state index contributed by atoms with van der Waals surface area (Å²) in [6.07, 6.45) is -5.44. The van der Waals surface area contributed by atoms with E-state index >= 15 is 0 Å². The second kappa shape index (κ2) is 5.48. The van der Waals surface area contributed by atoms with E-state index in [0.717, 1.165) is 18.1 Å². The minimum Gasteiger partial charge on any atom is -0.339 e. The molecule has 0 spiro atoms. The maximum absolute atomic E-state index is 12.2. The number of aromatic nitrogens is 2. The van der Waals surface area contributed by atoms with Crippen LogP contribution in [0.25, 0.3) is 0 Å². The third kappa shape index (κ3) is 3.38. The second-order valence-electron chi connectivity index (χ2n) is 4.15. The van der Waals surface area contributed by atoms with Crippen molar-refractivity contribution in [2.75, 3.05) is 18.1 Å². The number of alkyl halides is 3. The zero-order valence-corrected chi connectivity index (χ0v) is 10.6. The summed E-state index contributed by atoms with van der Waals surface area (Å²) in [5.74, 6) is 1.74. The maximum Gasteiger partial charge on any atom is 0.396 e. The first kappa shape index (κ1) is 13.7. The zero-order valence-electron chi connectivity index (χ0n) is 9.83. The van der Waals surface area contributed by atoms with Crippen LogP contribution < -0.4 is 5.32 Å². The van der Waals surface area contributed by atoms with Gasteiger partial charge in [0.2, 0.25) is 5.89 Å². The van der Waals surface area contributed by atoms with Gasteiger partial charge in [-0.05, 0) is 6.54 Å². The number of hydrogen-bond donors (Lipinski definition) is 1. The Morgan fingerprint density at radius 2 is 2.22 bits per heavy atom. The lowest BCUT2D eigenvalue weighted by atomic mass is 10.0. The highest BCUT2D eigenvalue weighted by molar-refractivity contribution is 7.99. The number of rotatable bonds is 4. The molecular weight excluding hydrogens is 267 g/mol. The summed E-state index contributed by atoms with van der Waals surface area (Å²) >= 11 is 1.73. The molecule has 4 nitrogen and oxygen atoms in total. The van der Waals surface area contributed by atoms with Gasteiger partial charge in [-0.2, -0.15) is 29.9 Å². The second-order valence-corrected chi connectivity index (χ2v) is 5.22. The van der Waals surface area contributed by atoms with Crippen molar-refractivity contribution in [2.45, 2.75) is 31.5 Å². The summed E-state index contributed by atoms with van der Waals surface area (Å²) in [5.41, 5.74) is 0. The SMILES string of the molecule is CCNC1CSCC1c1nc(CC(F)(F)F)no1. The van der Waals surface area contributed by atoms with E-state index in [0.29, 0.717) is 5.89 Å². The Labute approximate surface area is 107 Å². The highest BCUT2D eigenvalue weighted by Crippen LogP contribution is 2.32. The van der Waals surface area contributed by atoms with Gasteiger partial charge in [-0.15, -0.1) is 0 Å². The average Bonchev–Trinajstić information content (AvgIpc) is 2.84. The van der Waals surface area contributed by atoms with Gasteiger partial charge >= 0.3 is 6.18 Å². The molecule has 2 heterocycles. The largest absolute Gasteiger partial charge is 0.396 e. The number of likely N-dealkylation sites (N-methyl/N-ethyl adjacent to an activating group) is 1. The van der Waals surface area contributed by atoms with Crippen molar-refractivity contribution in [3.63, 3.8) is 0 Å². The van der Waals surface area contributed by atoms with E-state index < -0.39 is 12.6 Å². The van der Waals surface area contributed by atoms with Crippen molar-refractivity contribution in [3.8, 4) is 0 Å². The summed E-state index contributed by atoms with van der Waals surface area (Å²) in [5, 5.41) is 6.68. The first-order chi connectivity index (χ1) is 8.49. The highest BCUT2D eigenvalue weighted by Gasteiger charge is 2.35. The quantitative estimate of drug-likeness (QED) is 0.914. The van der Waals surface area contributed by atoms with Crippen LogP contribution in [0.1, 0.15) is 24.6 Å². The molecule has 1 aliphatic heterocycles. The van der Waals surface area contributed by atoms with E-state index in [2.05, 4.69) is 15.5 Å². The Balaban J connectivity index is 2.05. The molecule has 0 bridgehead atoms. The van der Waals surface area contributed by atoms with Crippen LogP contribution in [-0.2, 0) is 6.42 Å². The van der Waals surface area contributed by atoms with Crippen molar-refractivity contribution in [2.24, 2.45) is 0 Å². The maximum atomic E-state index is 12.2. The van der Waals surface area contributed by atoms with Gasteiger partial charge in [0, 0.05) is 17.5 Å². The predicted octanol–water partition coefficient (Wildman–Crippen LogP) is 1.98. The number of nitrogens with zero attached hydrogens (tertiary/aromatic N) is 2. The lowest BCUT2D eigenvalue weighted by molar-refractivity contribution is -0.128. The summed E-state index contributed by atoms with van der Waals surface area (Å²) in [6.45, 7) is 2.80. The van der Waals surface area contributed by atoms with Gasteiger partial charge in [-0.25, -0.2) is 0 Å². The fraction of sp³-hybridized carbons (Fsp3) is 0.800. The molecule has 102 valence electrons. The molecule has 1 aromatic rings. The van der Waals surface area contributed by atoms with E-state index in [1.807, 2.05) is 6.92 Å². The average molecular weight is 281 g/mol. The van der Waals surface area contributed by atoms with E-state index in [9.17, 15) is 13.2 Å². The van der Waals surface area contributed by atoms with Crippen LogP contribution in [0.5, 0.6) is 0 Å². The number of thioether (sulfide) groups is 1. The van der Waals surface area contributed by atoms with Gasteiger partial charge in [0.25, 0.3) is 0 Å².